The van der Waals surface area contributed by atoms with Gasteiger partial charge in [-0.1, -0.05) is 6.07 Å². The Morgan fingerprint density at radius 3 is 2.73 bits per heavy atom. The van der Waals surface area contributed by atoms with Crippen LogP contribution in [0, 0.1) is 13.8 Å². The molecule has 3 aromatic heterocycles. The number of hydrogen-bond acceptors (Lipinski definition) is 4. The predicted octanol–water partition coefficient (Wildman–Crippen LogP) is 4.17. The van der Waals surface area contributed by atoms with Crippen molar-refractivity contribution in [3.63, 3.8) is 0 Å². The van der Waals surface area contributed by atoms with E-state index in [0.29, 0.717) is 0 Å². The molecule has 0 spiro atoms. The van der Waals surface area contributed by atoms with Gasteiger partial charge in [0.2, 0.25) is 0 Å². The number of rotatable bonds is 6. The molecule has 2 N–H and O–H groups in total. The van der Waals surface area contributed by atoms with Gasteiger partial charge in [0.1, 0.15) is 5.83 Å². The summed E-state index contributed by atoms with van der Waals surface area (Å²) in [5.41, 5.74) is 11.5. The van der Waals surface area contributed by atoms with Crippen LogP contribution in [-0.4, -0.2) is 27.3 Å². The molecule has 0 saturated carbocycles. The molecule has 0 saturated heterocycles. The first kappa shape index (κ1) is 18.6. The van der Waals surface area contributed by atoms with E-state index in [-0.39, 0.29) is 18.9 Å². The van der Waals surface area contributed by atoms with E-state index >= 15 is 0 Å². The SMILES string of the molecule is CSc1ccc(Cc2c(C)n(C/C(F)=C/CN)c3ccc(C)nc23)cn1. The number of aromatic nitrogens is 3. The molecule has 0 amide bonds. The van der Waals surface area contributed by atoms with Crippen molar-refractivity contribution in [2.24, 2.45) is 5.73 Å². The highest BCUT2D eigenvalue weighted by atomic mass is 32.2. The number of aryl methyl sites for hydroxylation is 1. The molecule has 0 fully saturated rings. The number of hydrogen-bond donors (Lipinski definition) is 1. The van der Waals surface area contributed by atoms with Crippen LogP contribution in [0.25, 0.3) is 11.0 Å². The monoisotopic (exact) mass is 370 g/mol. The molecule has 4 nitrogen and oxygen atoms in total. The maximum Gasteiger partial charge on any atom is 0.117 e. The average molecular weight is 370 g/mol. The largest absolute Gasteiger partial charge is 0.336 e. The predicted molar refractivity (Wildman–Crippen MR) is 106 cm³/mol. The molecule has 0 aliphatic rings. The van der Waals surface area contributed by atoms with E-state index in [1.54, 1.807) is 11.8 Å². The van der Waals surface area contributed by atoms with Crippen LogP contribution in [-0.2, 0) is 13.0 Å². The Bertz CT molecular complexity index is 945. The lowest BCUT2D eigenvalue weighted by atomic mass is 10.1. The Balaban J connectivity index is 2.07. The fraction of sp³-hybridized carbons (Fsp3) is 0.300. The van der Waals surface area contributed by atoms with Gasteiger partial charge in [-0.05, 0) is 49.9 Å². The molecular weight excluding hydrogens is 347 g/mol. The van der Waals surface area contributed by atoms with E-state index in [0.717, 1.165) is 45.0 Å². The molecule has 136 valence electrons. The van der Waals surface area contributed by atoms with E-state index in [1.807, 2.05) is 49.1 Å². The third-order valence-electron chi connectivity index (χ3n) is 4.47. The van der Waals surface area contributed by atoms with Gasteiger partial charge in [-0.2, -0.15) is 0 Å². The molecule has 3 heterocycles. The summed E-state index contributed by atoms with van der Waals surface area (Å²) in [5.74, 6) is -0.231. The fourth-order valence-corrected chi connectivity index (χ4v) is 3.47. The smallest absolute Gasteiger partial charge is 0.117 e. The van der Waals surface area contributed by atoms with E-state index in [2.05, 4.69) is 11.1 Å². The Labute approximate surface area is 157 Å². The van der Waals surface area contributed by atoms with Gasteiger partial charge in [0.05, 0.1) is 22.6 Å². The van der Waals surface area contributed by atoms with Crippen LogP contribution in [0.4, 0.5) is 4.39 Å². The number of fused-ring (bicyclic) bond motifs is 1. The minimum atomic E-state index is -0.231. The molecule has 0 bridgehead atoms. The standard InChI is InChI=1S/C20H23FN4S/c1-13-4-6-18-20(24-13)17(10-15-5-7-19(26-3)23-11-15)14(2)25(18)12-16(21)8-9-22/h4-8,11H,9-10,12,22H2,1-3H3/b16-8-. The van der Waals surface area contributed by atoms with Gasteiger partial charge < -0.3 is 10.3 Å². The Hall–Kier alpha value is -2.18. The fourth-order valence-electron chi connectivity index (χ4n) is 3.10. The van der Waals surface area contributed by atoms with Gasteiger partial charge in [0.25, 0.3) is 0 Å². The zero-order valence-corrected chi connectivity index (χ0v) is 16.1. The third-order valence-corrected chi connectivity index (χ3v) is 5.13. The van der Waals surface area contributed by atoms with Crippen LogP contribution in [0.5, 0.6) is 0 Å². The minimum Gasteiger partial charge on any atom is -0.336 e. The summed E-state index contributed by atoms with van der Waals surface area (Å²) in [6.45, 7) is 4.36. The summed E-state index contributed by atoms with van der Waals surface area (Å²) < 4.78 is 16.1. The van der Waals surface area contributed by atoms with Crippen molar-refractivity contribution in [3.8, 4) is 0 Å². The molecular formula is C20H23FN4S. The van der Waals surface area contributed by atoms with Gasteiger partial charge in [0, 0.05) is 36.1 Å². The quantitative estimate of drug-likeness (QED) is 0.662. The lowest BCUT2D eigenvalue weighted by Crippen LogP contribution is -2.04. The van der Waals surface area contributed by atoms with Crippen molar-refractivity contribution in [2.75, 3.05) is 12.8 Å². The Morgan fingerprint density at radius 2 is 2.08 bits per heavy atom. The molecule has 0 aromatic carbocycles. The molecule has 0 aliphatic carbocycles. The molecule has 0 atom stereocenters. The second-order valence-corrected chi connectivity index (χ2v) is 7.07. The van der Waals surface area contributed by atoms with Crippen molar-refractivity contribution < 1.29 is 4.39 Å². The normalized spacial score (nSPS) is 12.1. The molecule has 0 aliphatic heterocycles. The summed E-state index contributed by atoms with van der Waals surface area (Å²) in [5, 5.41) is 0.996. The maximum atomic E-state index is 14.1. The number of thioether (sulfide) groups is 1. The number of pyridine rings is 2. The third kappa shape index (κ3) is 3.81. The molecule has 3 aromatic rings. The summed E-state index contributed by atoms with van der Waals surface area (Å²) in [6, 6.07) is 8.09. The number of nitrogens with two attached hydrogens (primary N) is 1. The zero-order valence-electron chi connectivity index (χ0n) is 15.3. The van der Waals surface area contributed by atoms with Gasteiger partial charge >= 0.3 is 0 Å². The molecule has 0 unspecified atom stereocenters. The van der Waals surface area contributed by atoms with Crippen molar-refractivity contribution in [2.45, 2.75) is 31.8 Å². The molecule has 3 rings (SSSR count). The van der Waals surface area contributed by atoms with Crippen LogP contribution >= 0.6 is 11.8 Å². The van der Waals surface area contributed by atoms with Crippen molar-refractivity contribution in [1.29, 1.82) is 0 Å². The Morgan fingerprint density at radius 1 is 1.27 bits per heavy atom. The highest BCUT2D eigenvalue weighted by Crippen LogP contribution is 2.28. The van der Waals surface area contributed by atoms with E-state index in [4.69, 9.17) is 10.7 Å². The van der Waals surface area contributed by atoms with E-state index in [1.165, 1.54) is 6.08 Å². The number of nitrogens with zero attached hydrogens (tertiary/aromatic N) is 3. The summed E-state index contributed by atoms with van der Waals surface area (Å²) >= 11 is 1.62. The van der Waals surface area contributed by atoms with E-state index < -0.39 is 0 Å². The molecule has 0 radical (unpaired) electrons. The van der Waals surface area contributed by atoms with Crippen LogP contribution in [0.15, 0.2) is 47.4 Å². The second kappa shape index (κ2) is 8.01. The maximum absolute atomic E-state index is 14.1. The number of allylic oxidation sites excluding steroid dienone is 1. The van der Waals surface area contributed by atoms with Crippen molar-refractivity contribution in [1.82, 2.24) is 14.5 Å². The summed E-state index contributed by atoms with van der Waals surface area (Å²) in [6.07, 6.45) is 6.04. The second-order valence-electron chi connectivity index (χ2n) is 6.24. The summed E-state index contributed by atoms with van der Waals surface area (Å²) in [7, 11) is 0. The first-order valence-electron chi connectivity index (χ1n) is 8.52. The van der Waals surface area contributed by atoms with Crippen molar-refractivity contribution in [3.05, 3.63) is 64.9 Å². The van der Waals surface area contributed by atoms with Gasteiger partial charge in [-0.15, -0.1) is 11.8 Å². The topological polar surface area (TPSA) is 56.7 Å². The summed E-state index contributed by atoms with van der Waals surface area (Å²) in [4.78, 5) is 9.18. The van der Waals surface area contributed by atoms with Gasteiger partial charge in [-0.25, -0.2) is 9.37 Å². The van der Waals surface area contributed by atoms with Crippen LogP contribution in [0.3, 0.4) is 0 Å². The minimum absolute atomic E-state index is 0.175. The lowest BCUT2D eigenvalue weighted by Gasteiger charge is -2.07. The van der Waals surface area contributed by atoms with Crippen LogP contribution in [0.1, 0.15) is 22.5 Å². The van der Waals surface area contributed by atoms with Gasteiger partial charge in [-0.3, -0.25) is 4.98 Å². The van der Waals surface area contributed by atoms with Gasteiger partial charge in [0.15, 0.2) is 0 Å². The lowest BCUT2D eigenvalue weighted by molar-refractivity contribution is 0.554. The first-order valence-corrected chi connectivity index (χ1v) is 9.74. The van der Waals surface area contributed by atoms with Crippen molar-refractivity contribution >= 4 is 22.8 Å². The first-order chi connectivity index (χ1) is 12.5. The molecule has 26 heavy (non-hydrogen) atoms. The Kier molecular flexibility index (Phi) is 5.74. The molecule has 6 heteroatoms. The average Bonchev–Trinajstić information content (AvgIpc) is 2.87. The zero-order chi connectivity index (χ0) is 18.7. The van der Waals surface area contributed by atoms with Crippen LogP contribution in [0.2, 0.25) is 0 Å². The van der Waals surface area contributed by atoms with E-state index in [9.17, 15) is 4.39 Å². The van der Waals surface area contributed by atoms with Crippen LogP contribution < -0.4 is 5.73 Å². The highest BCUT2D eigenvalue weighted by molar-refractivity contribution is 7.98. The highest BCUT2D eigenvalue weighted by Gasteiger charge is 2.17. The number of halogens is 1.